The first-order valence-electron chi connectivity index (χ1n) is 4.53. The van der Waals surface area contributed by atoms with Crippen molar-refractivity contribution in [2.24, 2.45) is 0 Å². The van der Waals surface area contributed by atoms with Crippen molar-refractivity contribution in [3.05, 3.63) is 29.2 Å². The summed E-state index contributed by atoms with van der Waals surface area (Å²) in [4.78, 5) is 0. The van der Waals surface area contributed by atoms with Crippen LogP contribution in [0.25, 0.3) is 5.03 Å². The fourth-order valence-corrected chi connectivity index (χ4v) is 1.43. The van der Waals surface area contributed by atoms with E-state index in [1.807, 2.05) is 19.9 Å². The predicted molar refractivity (Wildman–Crippen MR) is 56.7 cm³/mol. The lowest BCUT2D eigenvalue weighted by Gasteiger charge is -1.98. The van der Waals surface area contributed by atoms with Gasteiger partial charge in [-0.05, 0) is 19.4 Å². The van der Waals surface area contributed by atoms with Gasteiger partial charge in [0.05, 0.1) is 17.4 Å². The molecule has 0 aromatic carbocycles. The second-order valence-corrected chi connectivity index (χ2v) is 3.48. The molecule has 0 saturated heterocycles. The van der Waals surface area contributed by atoms with Crippen LogP contribution in [0.1, 0.15) is 31.1 Å². The van der Waals surface area contributed by atoms with E-state index in [1.165, 1.54) is 0 Å². The van der Waals surface area contributed by atoms with Gasteiger partial charge in [-0.2, -0.15) is 5.26 Å². The number of halogens is 1. The highest BCUT2D eigenvalue weighted by Crippen LogP contribution is 2.26. The summed E-state index contributed by atoms with van der Waals surface area (Å²) in [5, 5.41) is 9.38. The molecule has 1 heterocycles. The molecule has 0 aliphatic rings. The van der Waals surface area contributed by atoms with Crippen molar-refractivity contribution in [1.82, 2.24) is 0 Å². The lowest BCUT2D eigenvalue weighted by Crippen LogP contribution is -1.82. The minimum absolute atomic E-state index is 0.506. The molecular weight excluding hydrogens is 198 g/mol. The van der Waals surface area contributed by atoms with Crippen molar-refractivity contribution in [2.45, 2.75) is 26.7 Å². The minimum Gasteiger partial charge on any atom is -0.469 e. The van der Waals surface area contributed by atoms with Crippen LogP contribution in [0.2, 0.25) is 0 Å². The third-order valence-corrected chi connectivity index (χ3v) is 2.33. The second-order valence-electron chi connectivity index (χ2n) is 3.10. The first-order chi connectivity index (χ1) is 6.69. The highest BCUT2D eigenvalue weighted by atomic mass is 35.5. The smallest absolute Gasteiger partial charge is 0.101 e. The van der Waals surface area contributed by atoms with Gasteiger partial charge in [0.2, 0.25) is 0 Å². The summed E-state index contributed by atoms with van der Waals surface area (Å²) < 4.78 is 5.13. The Labute approximate surface area is 88.8 Å². The van der Waals surface area contributed by atoms with Crippen LogP contribution in [0.15, 0.2) is 22.3 Å². The molecule has 1 aromatic heterocycles. The molecule has 1 aromatic rings. The van der Waals surface area contributed by atoms with Crippen LogP contribution < -0.4 is 0 Å². The Hall–Kier alpha value is -1.20. The average Bonchev–Trinajstić information content (AvgIpc) is 2.60. The van der Waals surface area contributed by atoms with Gasteiger partial charge in [0.15, 0.2) is 0 Å². The fraction of sp³-hybridized carbons (Fsp3) is 0.364. The van der Waals surface area contributed by atoms with Crippen LogP contribution in [0.5, 0.6) is 0 Å². The van der Waals surface area contributed by atoms with E-state index < -0.39 is 0 Å². The van der Waals surface area contributed by atoms with E-state index in [4.69, 9.17) is 21.3 Å². The van der Waals surface area contributed by atoms with Crippen molar-refractivity contribution < 1.29 is 4.42 Å². The third kappa shape index (κ3) is 2.40. The van der Waals surface area contributed by atoms with Crippen LogP contribution in [-0.4, -0.2) is 0 Å². The normalized spacial score (nSPS) is 12.1. The average molecular weight is 210 g/mol. The summed E-state index contributed by atoms with van der Waals surface area (Å²) >= 11 is 6.06. The summed E-state index contributed by atoms with van der Waals surface area (Å²) in [7, 11) is 0. The molecule has 0 spiro atoms. The number of hydrogen-bond donors (Lipinski definition) is 0. The number of allylic oxidation sites excluding steroid dienone is 1. The van der Waals surface area contributed by atoms with Gasteiger partial charge in [-0.25, -0.2) is 0 Å². The standard InChI is InChI=1S/C11H12ClNO/c1-3-4-9(6-13)11(12)10-5-8(2)14-7-10/h5,7H,3-4H2,1-2H3. The SMILES string of the molecule is CCCC(C#N)=C(Cl)c1coc(C)c1. The number of aryl methyl sites for hydroxylation is 1. The van der Waals surface area contributed by atoms with Gasteiger partial charge in [0.25, 0.3) is 0 Å². The number of nitriles is 1. The van der Waals surface area contributed by atoms with Crippen LogP contribution in [0.4, 0.5) is 0 Å². The zero-order valence-electron chi connectivity index (χ0n) is 8.30. The van der Waals surface area contributed by atoms with Gasteiger partial charge < -0.3 is 4.42 Å². The molecule has 0 saturated carbocycles. The van der Waals surface area contributed by atoms with Crippen molar-refractivity contribution in [1.29, 1.82) is 5.26 Å². The summed E-state index contributed by atoms with van der Waals surface area (Å²) in [5.41, 5.74) is 1.41. The van der Waals surface area contributed by atoms with E-state index in [0.29, 0.717) is 17.0 Å². The maximum atomic E-state index is 8.87. The third-order valence-electron chi connectivity index (χ3n) is 1.88. The van der Waals surface area contributed by atoms with Crippen LogP contribution in [0, 0.1) is 18.3 Å². The molecule has 0 aliphatic heterocycles. The van der Waals surface area contributed by atoms with Crippen LogP contribution in [-0.2, 0) is 0 Å². The molecule has 0 radical (unpaired) electrons. The highest BCUT2D eigenvalue weighted by molar-refractivity contribution is 6.49. The molecule has 1 rings (SSSR count). The molecule has 0 fully saturated rings. The maximum Gasteiger partial charge on any atom is 0.101 e. The van der Waals surface area contributed by atoms with E-state index in [1.54, 1.807) is 6.26 Å². The van der Waals surface area contributed by atoms with E-state index in [0.717, 1.165) is 17.7 Å². The maximum absolute atomic E-state index is 8.87. The molecular formula is C11H12ClNO. The molecule has 0 unspecified atom stereocenters. The number of rotatable bonds is 3. The zero-order valence-corrected chi connectivity index (χ0v) is 9.06. The number of hydrogen-bond acceptors (Lipinski definition) is 2. The summed E-state index contributed by atoms with van der Waals surface area (Å²) in [5.74, 6) is 0.798. The van der Waals surface area contributed by atoms with Gasteiger partial charge in [0, 0.05) is 11.1 Å². The van der Waals surface area contributed by atoms with Crippen LogP contribution in [0.3, 0.4) is 0 Å². The highest BCUT2D eigenvalue weighted by Gasteiger charge is 2.08. The van der Waals surface area contributed by atoms with Gasteiger partial charge in [-0.1, -0.05) is 24.9 Å². The van der Waals surface area contributed by atoms with Gasteiger partial charge >= 0.3 is 0 Å². The fourth-order valence-electron chi connectivity index (χ4n) is 1.20. The van der Waals surface area contributed by atoms with E-state index in [-0.39, 0.29) is 0 Å². The Morgan fingerprint density at radius 3 is 2.79 bits per heavy atom. The molecule has 0 bridgehead atoms. The Morgan fingerprint density at radius 2 is 2.36 bits per heavy atom. The molecule has 2 nitrogen and oxygen atoms in total. The summed E-state index contributed by atoms with van der Waals surface area (Å²) in [6, 6.07) is 3.95. The molecule has 0 amide bonds. The Bertz CT molecular complexity index is 384. The van der Waals surface area contributed by atoms with E-state index in [9.17, 15) is 0 Å². The molecule has 14 heavy (non-hydrogen) atoms. The predicted octanol–water partition coefficient (Wildman–Crippen LogP) is 3.86. The van der Waals surface area contributed by atoms with Crippen molar-refractivity contribution in [2.75, 3.05) is 0 Å². The lowest BCUT2D eigenvalue weighted by atomic mass is 10.1. The van der Waals surface area contributed by atoms with Gasteiger partial charge in [-0.3, -0.25) is 0 Å². The molecule has 74 valence electrons. The van der Waals surface area contributed by atoms with Gasteiger partial charge in [0.1, 0.15) is 5.76 Å². The number of furan rings is 1. The summed E-state index contributed by atoms with van der Waals surface area (Å²) in [6.07, 6.45) is 3.19. The van der Waals surface area contributed by atoms with E-state index in [2.05, 4.69) is 6.07 Å². The quantitative estimate of drug-likeness (QED) is 0.709. The van der Waals surface area contributed by atoms with Gasteiger partial charge in [-0.15, -0.1) is 0 Å². The van der Waals surface area contributed by atoms with Crippen molar-refractivity contribution >= 4 is 16.6 Å². The monoisotopic (exact) mass is 209 g/mol. The summed E-state index contributed by atoms with van der Waals surface area (Å²) in [6.45, 7) is 3.86. The molecule has 0 N–H and O–H groups in total. The topological polar surface area (TPSA) is 36.9 Å². The van der Waals surface area contributed by atoms with Crippen molar-refractivity contribution in [3.63, 3.8) is 0 Å². The Balaban J connectivity index is 3.02. The zero-order chi connectivity index (χ0) is 10.6. The number of nitrogens with zero attached hydrogens (tertiary/aromatic N) is 1. The second kappa shape index (κ2) is 4.88. The molecule has 0 atom stereocenters. The van der Waals surface area contributed by atoms with Crippen molar-refractivity contribution in [3.8, 4) is 6.07 Å². The lowest BCUT2D eigenvalue weighted by molar-refractivity contribution is 0.534. The van der Waals surface area contributed by atoms with Crippen LogP contribution >= 0.6 is 11.6 Å². The Morgan fingerprint density at radius 1 is 1.64 bits per heavy atom. The minimum atomic E-state index is 0.506. The molecule has 0 aliphatic carbocycles. The Kier molecular flexibility index (Phi) is 3.79. The first kappa shape index (κ1) is 10.9. The molecule has 3 heteroatoms. The largest absolute Gasteiger partial charge is 0.469 e. The van der Waals surface area contributed by atoms with E-state index >= 15 is 0 Å². The first-order valence-corrected chi connectivity index (χ1v) is 4.91.